The predicted octanol–water partition coefficient (Wildman–Crippen LogP) is 4.76. The van der Waals surface area contributed by atoms with Gasteiger partial charge in [0, 0.05) is 11.1 Å². The Balaban J connectivity index is 1.98. The Kier molecular flexibility index (Phi) is 2.82. The van der Waals surface area contributed by atoms with E-state index in [2.05, 4.69) is 66.9 Å². The van der Waals surface area contributed by atoms with Gasteiger partial charge in [-0.2, -0.15) is 9.61 Å². The van der Waals surface area contributed by atoms with Crippen LogP contribution in [0.4, 0.5) is 0 Å². The van der Waals surface area contributed by atoms with Gasteiger partial charge in [-0.3, -0.25) is 4.57 Å². The molecule has 0 radical (unpaired) electrons. The number of fused-ring (bicyclic) bond motifs is 5. The number of hydrogen-bond acceptors (Lipinski definition) is 3. The van der Waals surface area contributed by atoms with Crippen molar-refractivity contribution in [3.8, 4) is 5.69 Å². The van der Waals surface area contributed by atoms with E-state index in [1.807, 2.05) is 4.52 Å². The standard InChI is InChI=1S/C19H16N4S/c1-3-16-21-23-18-17(20-19(23)24-16)14-6-4-5-7-15(14)22(18)13-10-8-12(2)9-11-13/h4-11H,3H2,1-2H3. The number of nitrogens with zero attached hydrogens (tertiary/aromatic N) is 4. The summed E-state index contributed by atoms with van der Waals surface area (Å²) in [6.07, 6.45) is 0.931. The maximum absolute atomic E-state index is 4.87. The highest BCUT2D eigenvalue weighted by Crippen LogP contribution is 2.33. The molecule has 0 spiro atoms. The van der Waals surface area contributed by atoms with Crippen molar-refractivity contribution in [2.75, 3.05) is 0 Å². The lowest BCUT2D eigenvalue weighted by atomic mass is 10.2. The van der Waals surface area contributed by atoms with Gasteiger partial charge in [0.1, 0.15) is 10.5 Å². The third-order valence-corrected chi connectivity index (χ3v) is 5.48. The molecule has 3 heterocycles. The third kappa shape index (κ3) is 1.79. The van der Waals surface area contributed by atoms with Gasteiger partial charge in [-0.1, -0.05) is 54.2 Å². The molecule has 0 amide bonds. The molecule has 0 aliphatic rings. The molecular weight excluding hydrogens is 316 g/mol. The molecule has 4 nitrogen and oxygen atoms in total. The molecule has 0 N–H and O–H groups in total. The van der Waals surface area contributed by atoms with Crippen molar-refractivity contribution in [1.82, 2.24) is 19.2 Å². The Labute approximate surface area is 143 Å². The van der Waals surface area contributed by atoms with Gasteiger partial charge in [0.25, 0.3) is 0 Å². The molecule has 3 aromatic heterocycles. The maximum atomic E-state index is 4.87. The molecule has 24 heavy (non-hydrogen) atoms. The fraction of sp³-hybridized carbons (Fsp3) is 0.158. The Hall–Kier alpha value is -2.66. The molecule has 5 aromatic rings. The zero-order valence-corrected chi connectivity index (χ0v) is 14.3. The summed E-state index contributed by atoms with van der Waals surface area (Å²) in [6, 6.07) is 17.0. The highest BCUT2D eigenvalue weighted by molar-refractivity contribution is 7.16. The average Bonchev–Trinajstić information content (AvgIpc) is 3.24. The van der Waals surface area contributed by atoms with E-state index < -0.39 is 0 Å². The number of imidazole rings is 1. The second kappa shape index (κ2) is 4.92. The Morgan fingerprint density at radius 3 is 2.62 bits per heavy atom. The van der Waals surface area contributed by atoms with E-state index in [0.717, 1.165) is 33.2 Å². The van der Waals surface area contributed by atoms with Gasteiger partial charge < -0.3 is 0 Å². The van der Waals surface area contributed by atoms with Gasteiger partial charge in [-0.05, 0) is 31.5 Å². The Morgan fingerprint density at radius 1 is 1.04 bits per heavy atom. The van der Waals surface area contributed by atoms with Crippen LogP contribution >= 0.6 is 11.3 Å². The van der Waals surface area contributed by atoms with Crippen molar-refractivity contribution in [2.24, 2.45) is 0 Å². The van der Waals surface area contributed by atoms with Gasteiger partial charge in [0.15, 0.2) is 5.65 Å². The normalized spacial score (nSPS) is 11.9. The molecule has 0 atom stereocenters. The Bertz CT molecular complexity index is 1190. The zero-order chi connectivity index (χ0) is 16.3. The first-order valence-corrected chi connectivity index (χ1v) is 8.92. The van der Waals surface area contributed by atoms with Crippen LogP contribution < -0.4 is 0 Å². The summed E-state index contributed by atoms with van der Waals surface area (Å²) in [6.45, 7) is 4.24. The summed E-state index contributed by atoms with van der Waals surface area (Å²) in [7, 11) is 0. The molecule has 0 aliphatic carbocycles. The minimum absolute atomic E-state index is 0.931. The summed E-state index contributed by atoms with van der Waals surface area (Å²) in [5, 5.41) is 7.05. The molecule has 118 valence electrons. The predicted molar refractivity (Wildman–Crippen MR) is 99.3 cm³/mol. The molecule has 0 bridgehead atoms. The summed E-state index contributed by atoms with van der Waals surface area (Å²) < 4.78 is 4.27. The lowest BCUT2D eigenvalue weighted by Crippen LogP contribution is -1.98. The van der Waals surface area contributed by atoms with E-state index in [0.29, 0.717) is 0 Å². The number of benzene rings is 2. The first-order chi connectivity index (χ1) is 11.8. The topological polar surface area (TPSA) is 35.1 Å². The van der Waals surface area contributed by atoms with Gasteiger partial charge in [-0.25, -0.2) is 4.98 Å². The third-order valence-electron chi connectivity index (χ3n) is 4.43. The van der Waals surface area contributed by atoms with Gasteiger partial charge in [-0.15, -0.1) is 0 Å². The van der Waals surface area contributed by atoms with E-state index in [1.54, 1.807) is 11.3 Å². The lowest BCUT2D eigenvalue weighted by Gasteiger charge is -2.07. The van der Waals surface area contributed by atoms with Crippen LogP contribution in [0.1, 0.15) is 17.5 Å². The molecule has 5 rings (SSSR count). The Morgan fingerprint density at radius 2 is 1.83 bits per heavy atom. The number of rotatable bonds is 2. The highest BCUT2D eigenvalue weighted by Gasteiger charge is 2.19. The van der Waals surface area contributed by atoms with Crippen LogP contribution in [0.15, 0.2) is 48.5 Å². The molecule has 0 saturated heterocycles. The molecule has 0 fully saturated rings. The molecule has 5 heteroatoms. The van der Waals surface area contributed by atoms with E-state index in [1.165, 1.54) is 16.5 Å². The van der Waals surface area contributed by atoms with Crippen LogP contribution in [0, 0.1) is 6.92 Å². The van der Waals surface area contributed by atoms with Crippen molar-refractivity contribution in [2.45, 2.75) is 20.3 Å². The van der Waals surface area contributed by atoms with E-state index in [-0.39, 0.29) is 0 Å². The quantitative estimate of drug-likeness (QED) is 0.467. The van der Waals surface area contributed by atoms with Crippen LogP contribution in [-0.4, -0.2) is 19.2 Å². The first-order valence-electron chi connectivity index (χ1n) is 8.11. The van der Waals surface area contributed by atoms with Gasteiger partial charge >= 0.3 is 0 Å². The van der Waals surface area contributed by atoms with Crippen LogP contribution in [0.2, 0.25) is 0 Å². The van der Waals surface area contributed by atoms with Gasteiger partial charge in [0.05, 0.1) is 5.52 Å². The molecule has 0 aliphatic heterocycles. The van der Waals surface area contributed by atoms with Crippen LogP contribution in [0.3, 0.4) is 0 Å². The number of hydrogen-bond donors (Lipinski definition) is 0. The van der Waals surface area contributed by atoms with Crippen molar-refractivity contribution in [3.63, 3.8) is 0 Å². The van der Waals surface area contributed by atoms with Gasteiger partial charge in [0.2, 0.25) is 4.96 Å². The molecule has 2 aromatic carbocycles. The van der Waals surface area contributed by atoms with E-state index in [4.69, 9.17) is 10.1 Å². The van der Waals surface area contributed by atoms with Crippen molar-refractivity contribution in [1.29, 1.82) is 0 Å². The summed E-state index contributed by atoms with van der Waals surface area (Å²) in [5.41, 5.74) is 5.63. The molecule has 0 unspecified atom stereocenters. The van der Waals surface area contributed by atoms with Crippen molar-refractivity contribution >= 4 is 38.4 Å². The second-order valence-electron chi connectivity index (χ2n) is 6.02. The first kappa shape index (κ1) is 13.7. The van der Waals surface area contributed by atoms with Crippen LogP contribution in [0.5, 0.6) is 0 Å². The summed E-state index contributed by atoms with van der Waals surface area (Å²) in [5.74, 6) is 0. The zero-order valence-electron chi connectivity index (χ0n) is 13.5. The van der Waals surface area contributed by atoms with E-state index in [9.17, 15) is 0 Å². The minimum atomic E-state index is 0.931. The highest BCUT2D eigenvalue weighted by atomic mass is 32.1. The second-order valence-corrected chi connectivity index (χ2v) is 7.06. The van der Waals surface area contributed by atoms with Crippen molar-refractivity contribution < 1.29 is 0 Å². The van der Waals surface area contributed by atoms with Crippen molar-refractivity contribution in [3.05, 3.63) is 59.1 Å². The largest absolute Gasteiger partial charge is 0.292 e. The monoisotopic (exact) mass is 332 g/mol. The molecule has 0 saturated carbocycles. The van der Waals surface area contributed by atoms with E-state index >= 15 is 0 Å². The maximum Gasteiger partial charge on any atom is 0.214 e. The minimum Gasteiger partial charge on any atom is -0.292 e. The SMILES string of the molecule is CCc1nn2c(nc3c4ccccc4n(-c4ccc(C)cc4)c32)s1. The summed E-state index contributed by atoms with van der Waals surface area (Å²) in [4.78, 5) is 5.84. The fourth-order valence-electron chi connectivity index (χ4n) is 3.24. The average molecular weight is 332 g/mol. The van der Waals surface area contributed by atoms with Crippen LogP contribution in [0.25, 0.3) is 32.7 Å². The molecular formula is C19H16N4S. The lowest BCUT2D eigenvalue weighted by molar-refractivity contribution is 0.910. The number of para-hydroxylation sites is 1. The number of aromatic nitrogens is 4. The fourth-order valence-corrected chi connectivity index (χ4v) is 4.07. The van der Waals surface area contributed by atoms with Crippen LogP contribution in [-0.2, 0) is 6.42 Å². The summed E-state index contributed by atoms with van der Waals surface area (Å²) >= 11 is 1.67. The smallest absolute Gasteiger partial charge is 0.214 e. The number of aryl methyl sites for hydroxylation is 2.